The third kappa shape index (κ3) is 2.38. The van der Waals surface area contributed by atoms with Crippen LogP contribution in [0.25, 0.3) is 11.5 Å². The number of para-hydroxylation sites is 1. The summed E-state index contributed by atoms with van der Waals surface area (Å²) in [5.41, 5.74) is 5.82. The standard InChI is InChI=1S/C11H12N4O4/c1-6(12)10-13-11(19-14-10)7-4-3-5-8(15(16)17)9(7)18-2/h3-6H,12H2,1-2H3. The van der Waals surface area contributed by atoms with Gasteiger partial charge in [-0.25, -0.2) is 0 Å². The summed E-state index contributed by atoms with van der Waals surface area (Å²) in [5.74, 6) is 0.531. The number of nitrogens with two attached hydrogens (primary N) is 1. The number of hydrogen-bond acceptors (Lipinski definition) is 7. The Bertz CT molecular complexity index is 608. The van der Waals surface area contributed by atoms with Crippen LogP contribution in [0.4, 0.5) is 5.69 Å². The number of nitrogens with zero attached hydrogens (tertiary/aromatic N) is 3. The predicted octanol–water partition coefficient (Wildman–Crippen LogP) is 1.67. The maximum Gasteiger partial charge on any atom is 0.311 e. The highest BCUT2D eigenvalue weighted by atomic mass is 16.6. The van der Waals surface area contributed by atoms with E-state index < -0.39 is 4.92 Å². The van der Waals surface area contributed by atoms with Gasteiger partial charge in [-0.1, -0.05) is 11.2 Å². The van der Waals surface area contributed by atoms with E-state index in [4.69, 9.17) is 15.0 Å². The molecule has 100 valence electrons. The lowest BCUT2D eigenvalue weighted by Gasteiger charge is -2.04. The van der Waals surface area contributed by atoms with Crippen molar-refractivity contribution in [3.05, 3.63) is 34.1 Å². The van der Waals surface area contributed by atoms with Crippen LogP contribution in [0.3, 0.4) is 0 Å². The SMILES string of the molecule is COc1c(-c2nc(C(C)N)no2)cccc1[N+](=O)[O-]. The van der Waals surface area contributed by atoms with Crippen molar-refractivity contribution in [2.75, 3.05) is 7.11 Å². The molecule has 0 radical (unpaired) electrons. The first kappa shape index (κ1) is 13.0. The van der Waals surface area contributed by atoms with Gasteiger partial charge in [-0.05, 0) is 13.0 Å². The molecule has 0 saturated heterocycles. The van der Waals surface area contributed by atoms with Gasteiger partial charge in [0.15, 0.2) is 5.82 Å². The number of nitro benzene ring substituents is 1. The van der Waals surface area contributed by atoms with E-state index in [0.717, 1.165) is 0 Å². The molecule has 0 amide bonds. The van der Waals surface area contributed by atoms with Gasteiger partial charge >= 0.3 is 5.69 Å². The quantitative estimate of drug-likeness (QED) is 0.659. The summed E-state index contributed by atoms with van der Waals surface area (Å²) in [4.78, 5) is 14.5. The molecule has 2 aromatic rings. The van der Waals surface area contributed by atoms with E-state index in [1.54, 1.807) is 13.0 Å². The normalized spacial score (nSPS) is 12.2. The van der Waals surface area contributed by atoms with Crippen LogP contribution in [0.1, 0.15) is 18.8 Å². The minimum absolute atomic E-state index is 0.0763. The van der Waals surface area contributed by atoms with Crippen LogP contribution in [0.5, 0.6) is 5.75 Å². The molecule has 1 atom stereocenters. The van der Waals surface area contributed by atoms with Gasteiger partial charge in [0.25, 0.3) is 5.89 Å². The molecule has 1 heterocycles. The van der Waals surface area contributed by atoms with Gasteiger partial charge in [-0.3, -0.25) is 10.1 Å². The molecule has 2 rings (SSSR count). The van der Waals surface area contributed by atoms with E-state index in [1.165, 1.54) is 19.2 Å². The zero-order valence-electron chi connectivity index (χ0n) is 10.4. The highest BCUT2D eigenvalue weighted by molar-refractivity contribution is 5.69. The second-order valence-corrected chi connectivity index (χ2v) is 3.86. The number of rotatable bonds is 4. The van der Waals surface area contributed by atoms with E-state index in [9.17, 15) is 10.1 Å². The number of nitro groups is 1. The third-order valence-corrected chi connectivity index (χ3v) is 2.47. The monoisotopic (exact) mass is 264 g/mol. The number of ether oxygens (including phenoxy) is 1. The van der Waals surface area contributed by atoms with Crippen molar-refractivity contribution < 1.29 is 14.2 Å². The molecule has 0 spiro atoms. The zero-order valence-corrected chi connectivity index (χ0v) is 10.4. The van der Waals surface area contributed by atoms with E-state index in [0.29, 0.717) is 11.4 Å². The molecule has 8 nitrogen and oxygen atoms in total. The van der Waals surface area contributed by atoms with Crippen LogP contribution in [0, 0.1) is 10.1 Å². The summed E-state index contributed by atoms with van der Waals surface area (Å²) in [7, 11) is 1.34. The minimum Gasteiger partial charge on any atom is -0.490 e. The topological polar surface area (TPSA) is 117 Å². The fourth-order valence-electron chi connectivity index (χ4n) is 1.58. The van der Waals surface area contributed by atoms with Crippen LogP contribution in [-0.4, -0.2) is 22.2 Å². The Balaban J connectivity index is 2.54. The summed E-state index contributed by atoms with van der Waals surface area (Å²) in [5, 5.41) is 14.6. The van der Waals surface area contributed by atoms with E-state index >= 15 is 0 Å². The second kappa shape index (κ2) is 5.02. The highest BCUT2D eigenvalue weighted by Gasteiger charge is 2.23. The molecule has 1 aromatic heterocycles. The van der Waals surface area contributed by atoms with Gasteiger partial charge in [0.1, 0.15) is 0 Å². The summed E-state index contributed by atoms with van der Waals surface area (Å²) < 4.78 is 10.1. The number of aromatic nitrogens is 2. The van der Waals surface area contributed by atoms with Crippen LogP contribution in [0.2, 0.25) is 0 Å². The average Bonchev–Trinajstić information content (AvgIpc) is 2.87. The van der Waals surface area contributed by atoms with Crippen molar-refractivity contribution >= 4 is 5.69 Å². The first-order valence-electron chi connectivity index (χ1n) is 5.45. The molecule has 0 aliphatic heterocycles. The van der Waals surface area contributed by atoms with Crippen molar-refractivity contribution in [3.63, 3.8) is 0 Å². The van der Waals surface area contributed by atoms with E-state index in [2.05, 4.69) is 10.1 Å². The van der Waals surface area contributed by atoms with Crippen LogP contribution < -0.4 is 10.5 Å². The minimum atomic E-state index is -0.537. The smallest absolute Gasteiger partial charge is 0.311 e. The fourth-order valence-corrected chi connectivity index (χ4v) is 1.58. The molecule has 0 saturated carbocycles. The second-order valence-electron chi connectivity index (χ2n) is 3.86. The van der Waals surface area contributed by atoms with Crippen molar-refractivity contribution in [2.24, 2.45) is 5.73 Å². The molecule has 0 bridgehead atoms. The Kier molecular flexibility index (Phi) is 3.43. The van der Waals surface area contributed by atoms with E-state index in [-0.39, 0.29) is 23.4 Å². The number of hydrogen-bond donors (Lipinski definition) is 1. The molecular weight excluding hydrogens is 252 g/mol. The van der Waals surface area contributed by atoms with Crippen LogP contribution in [0.15, 0.2) is 22.7 Å². The molecular formula is C11H12N4O4. The van der Waals surface area contributed by atoms with E-state index in [1.807, 2.05) is 0 Å². The Hall–Kier alpha value is -2.48. The molecule has 0 aliphatic carbocycles. The van der Waals surface area contributed by atoms with Gasteiger partial charge in [0.05, 0.1) is 23.6 Å². The highest BCUT2D eigenvalue weighted by Crippen LogP contribution is 2.36. The molecule has 2 N–H and O–H groups in total. The number of benzene rings is 1. The Morgan fingerprint density at radius 2 is 2.26 bits per heavy atom. The summed E-state index contributed by atoms with van der Waals surface area (Å²) in [6.45, 7) is 1.71. The Morgan fingerprint density at radius 3 is 2.79 bits per heavy atom. The average molecular weight is 264 g/mol. The fraction of sp³-hybridized carbons (Fsp3) is 0.273. The van der Waals surface area contributed by atoms with Gasteiger partial charge in [-0.15, -0.1) is 0 Å². The van der Waals surface area contributed by atoms with Crippen molar-refractivity contribution in [1.29, 1.82) is 0 Å². The molecule has 1 unspecified atom stereocenters. The maximum atomic E-state index is 10.9. The first-order chi connectivity index (χ1) is 9.04. The summed E-state index contributed by atoms with van der Waals surface area (Å²) in [6.07, 6.45) is 0. The Morgan fingerprint density at radius 1 is 1.53 bits per heavy atom. The lowest BCUT2D eigenvalue weighted by Crippen LogP contribution is -2.06. The Labute approximate surface area is 108 Å². The first-order valence-corrected chi connectivity index (χ1v) is 5.45. The van der Waals surface area contributed by atoms with Gasteiger partial charge in [0, 0.05) is 6.07 Å². The molecule has 8 heteroatoms. The largest absolute Gasteiger partial charge is 0.490 e. The van der Waals surface area contributed by atoms with Crippen molar-refractivity contribution in [3.8, 4) is 17.2 Å². The summed E-state index contributed by atoms with van der Waals surface area (Å²) >= 11 is 0. The molecule has 0 fully saturated rings. The zero-order chi connectivity index (χ0) is 14.0. The number of methoxy groups -OCH3 is 1. The van der Waals surface area contributed by atoms with Crippen LogP contribution in [-0.2, 0) is 0 Å². The van der Waals surface area contributed by atoms with Gasteiger partial charge in [-0.2, -0.15) is 4.98 Å². The molecule has 0 aliphatic rings. The lowest BCUT2D eigenvalue weighted by atomic mass is 10.1. The maximum absolute atomic E-state index is 10.9. The lowest BCUT2D eigenvalue weighted by molar-refractivity contribution is -0.385. The predicted molar refractivity (Wildman–Crippen MR) is 65.5 cm³/mol. The molecule has 19 heavy (non-hydrogen) atoms. The van der Waals surface area contributed by atoms with Crippen LogP contribution >= 0.6 is 0 Å². The van der Waals surface area contributed by atoms with Crippen molar-refractivity contribution in [2.45, 2.75) is 13.0 Å². The third-order valence-electron chi connectivity index (χ3n) is 2.47. The van der Waals surface area contributed by atoms with Gasteiger partial charge < -0.3 is 15.0 Å². The van der Waals surface area contributed by atoms with Gasteiger partial charge in [0.2, 0.25) is 5.75 Å². The summed E-state index contributed by atoms with van der Waals surface area (Å²) in [6, 6.07) is 4.07. The molecule has 1 aromatic carbocycles. The van der Waals surface area contributed by atoms with Crippen molar-refractivity contribution in [1.82, 2.24) is 10.1 Å².